The Morgan fingerprint density at radius 2 is 2.04 bits per heavy atom. The summed E-state index contributed by atoms with van der Waals surface area (Å²) in [5, 5.41) is 7.62. The molecule has 1 aromatic carbocycles. The molecule has 0 aliphatic rings. The number of esters is 1. The summed E-state index contributed by atoms with van der Waals surface area (Å²) in [4.78, 5) is 28.5. The summed E-state index contributed by atoms with van der Waals surface area (Å²) in [6, 6.07) is 9.11. The van der Waals surface area contributed by atoms with Gasteiger partial charge in [0, 0.05) is 24.2 Å². The summed E-state index contributed by atoms with van der Waals surface area (Å²) in [5.41, 5.74) is 3.49. The van der Waals surface area contributed by atoms with Crippen molar-refractivity contribution in [2.24, 2.45) is 7.05 Å². The van der Waals surface area contributed by atoms with Gasteiger partial charge in [-0.15, -0.1) is 0 Å². The molecule has 0 spiro atoms. The maximum Gasteiger partial charge on any atom is 0.325 e. The molecule has 2 heterocycles. The highest BCUT2D eigenvalue weighted by molar-refractivity contribution is 6.07. The maximum absolute atomic E-state index is 12.6. The number of pyridine rings is 1. The Labute approximate surface area is 144 Å². The van der Waals surface area contributed by atoms with Gasteiger partial charge >= 0.3 is 5.97 Å². The molecule has 7 nitrogen and oxygen atoms in total. The van der Waals surface area contributed by atoms with Crippen molar-refractivity contribution in [1.82, 2.24) is 20.1 Å². The normalized spacial score (nSPS) is 10.7. The quantitative estimate of drug-likeness (QED) is 0.734. The molecular formula is C18H18N4O3. The van der Waals surface area contributed by atoms with Gasteiger partial charge in [-0.1, -0.05) is 18.2 Å². The number of ether oxygens (including phenoxy) is 1. The fourth-order valence-electron chi connectivity index (χ4n) is 2.67. The lowest BCUT2D eigenvalue weighted by molar-refractivity contribution is -0.139. The average Bonchev–Trinajstić information content (AvgIpc) is 2.96. The van der Waals surface area contributed by atoms with E-state index in [4.69, 9.17) is 0 Å². The molecule has 0 saturated carbocycles. The first-order valence-electron chi connectivity index (χ1n) is 7.75. The molecule has 0 aliphatic carbocycles. The molecule has 3 aromatic rings. The van der Waals surface area contributed by atoms with Gasteiger partial charge in [0.15, 0.2) is 0 Å². The number of aryl methyl sites for hydroxylation is 2. The van der Waals surface area contributed by atoms with Crippen molar-refractivity contribution >= 4 is 22.8 Å². The van der Waals surface area contributed by atoms with E-state index in [1.807, 2.05) is 44.4 Å². The van der Waals surface area contributed by atoms with Gasteiger partial charge in [0.05, 0.1) is 29.6 Å². The number of methoxy groups -OCH3 is 1. The standard InChI is InChI=1S/C18H18N4O3/c1-11-14(10-22(2)21-11)16-8-13(18(24)19-9-17(23)25-3)12-6-4-5-7-15(12)20-16/h4-8,10H,9H2,1-3H3,(H,19,24). The van der Waals surface area contributed by atoms with Crippen LogP contribution in [0.3, 0.4) is 0 Å². The third kappa shape index (κ3) is 3.35. The van der Waals surface area contributed by atoms with Crippen LogP contribution in [0.4, 0.5) is 0 Å². The van der Waals surface area contributed by atoms with Crippen LogP contribution < -0.4 is 5.32 Å². The molecule has 128 valence electrons. The van der Waals surface area contributed by atoms with Crippen molar-refractivity contribution < 1.29 is 14.3 Å². The second-order valence-electron chi connectivity index (χ2n) is 5.63. The number of aromatic nitrogens is 3. The number of amides is 1. The molecule has 1 N–H and O–H groups in total. The molecule has 0 fully saturated rings. The number of benzene rings is 1. The topological polar surface area (TPSA) is 86.1 Å². The predicted octanol–water partition coefficient (Wildman–Crippen LogP) is 1.85. The minimum Gasteiger partial charge on any atom is -0.468 e. The Morgan fingerprint density at radius 1 is 1.28 bits per heavy atom. The van der Waals surface area contributed by atoms with Crippen LogP contribution in [0.25, 0.3) is 22.2 Å². The molecule has 0 atom stereocenters. The van der Waals surface area contributed by atoms with Gasteiger partial charge in [-0.25, -0.2) is 4.98 Å². The van der Waals surface area contributed by atoms with Gasteiger partial charge in [-0.2, -0.15) is 5.10 Å². The Balaban J connectivity index is 2.08. The SMILES string of the molecule is COC(=O)CNC(=O)c1cc(-c2cn(C)nc2C)nc2ccccc12. The van der Waals surface area contributed by atoms with Crippen LogP contribution in [0.5, 0.6) is 0 Å². The van der Waals surface area contributed by atoms with Crippen molar-refractivity contribution in [3.05, 3.63) is 47.8 Å². The smallest absolute Gasteiger partial charge is 0.325 e. The van der Waals surface area contributed by atoms with E-state index in [1.54, 1.807) is 10.7 Å². The Morgan fingerprint density at radius 3 is 2.72 bits per heavy atom. The first-order chi connectivity index (χ1) is 12.0. The summed E-state index contributed by atoms with van der Waals surface area (Å²) >= 11 is 0. The minimum absolute atomic E-state index is 0.187. The lowest BCUT2D eigenvalue weighted by atomic mass is 10.0. The van der Waals surface area contributed by atoms with Crippen LogP contribution in [-0.4, -0.2) is 40.3 Å². The number of rotatable bonds is 4. The summed E-state index contributed by atoms with van der Waals surface area (Å²) in [7, 11) is 3.11. The van der Waals surface area contributed by atoms with Gasteiger partial charge in [0.1, 0.15) is 6.54 Å². The molecule has 7 heteroatoms. The van der Waals surface area contributed by atoms with Gasteiger partial charge in [0.25, 0.3) is 5.91 Å². The Bertz CT molecular complexity index is 962. The van der Waals surface area contributed by atoms with E-state index in [0.29, 0.717) is 16.8 Å². The van der Waals surface area contributed by atoms with E-state index in [0.717, 1.165) is 16.6 Å². The number of para-hydroxylation sites is 1. The number of hydrogen-bond donors (Lipinski definition) is 1. The highest BCUT2D eigenvalue weighted by Crippen LogP contribution is 2.26. The highest BCUT2D eigenvalue weighted by Gasteiger charge is 2.16. The molecule has 1 amide bonds. The highest BCUT2D eigenvalue weighted by atomic mass is 16.5. The second kappa shape index (κ2) is 6.72. The molecule has 0 unspecified atom stereocenters. The van der Waals surface area contributed by atoms with Crippen LogP contribution in [0.15, 0.2) is 36.5 Å². The molecule has 3 rings (SSSR count). The van der Waals surface area contributed by atoms with Crippen LogP contribution in [0.1, 0.15) is 16.1 Å². The van der Waals surface area contributed by atoms with E-state index < -0.39 is 5.97 Å². The number of hydrogen-bond acceptors (Lipinski definition) is 5. The molecule has 0 bridgehead atoms. The minimum atomic E-state index is -0.505. The molecule has 0 aliphatic heterocycles. The summed E-state index contributed by atoms with van der Waals surface area (Å²) in [6.45, 7) is 1.70. The first-order valence-corrected chi connectivity index (χ1v) is 7.75. The van der Waals surface area contributed by atoms with E-state index in [1.165, 1.54) is 7.11 Å². The van der Waals surface area contributed by atoms with Gasteiger partial charge < -0.3 is 10.1 Å². The Hall–Kier alpha value is -3.22. The predicted molar refractivity (Wildman–Crippen MR) is 93.0 cm³/mol. The summed E-state index contributed by atoms with van der Waals surface area (Å²) in [6.07, 6.45) is 1.86. The number of nitrogens with zero attached hydrogens (tertiary/aromatic N) is 3. The van der Waals surface area contributed by atoms with Crippen molar-refractivity contribution in [1.29, 1.82) is 0 Å². The van der Waals surface area contributed by atoms with E-state index in [-0.39, 0.29) is 12.5 Å². The van der Waals surface area contributed by atoms with Crippen molar-refractivity contribution in [3.63, 3.8) is 0 Å². The second-order valence-corrected chi connectivity index (χ2v) is 5.63. The molecular weight excluding hydrogens is 320 g/mol. The maximum atomic E-state index is 12.6. The van der Waals surface area contributed by atoms with Crippen molar-refractivity contribution in [2.45, 2.75) is 6.92 Å². The Kier molecular flexibility index (Phi) is 4.47. The zero-order valence-electron chi connectivity index (χ0n) is 14.2. The zero-order chi connectivity index (χ0) is 18.0. The first kappa shape index (κ1) is 16.6. The number of carbonyl (C=O) groups excluding carboxylic acids is 2. The molecule has 0 radical (unpaired) electrons. The van der Waals surface area contributed by atoms with Gasteiger partial charge in [0.2, 0.25) is 0 Å². The number of nitrogens with one attached hydrogen (secondary N) is 1. The van der Waals surface area contributed by atoms with E-state index >= 15 is 0 Å². The fourth-order valence-corrected chi connectivity index (χ4v) is 2.67. The summed E-state index contributed by atoms with van der Waals surface area (Å²) < 4.78 is 6.27. The van der Waals surface area contributed by atoms with Crippen LogP contribution in [0, 0.1) is 6.92 Å². The monoisotopic (exact) mass is 338 g/mol. The van der Waals surface area contributed by atoms with Crippen LogP contribution >= 0.6 is 0 Å². The van der Waals surface area contributed by atoms with Crippen molar-refractivity contribution in [3.8, 4) is 11.3 Å². The average molecular weight is 338 g/mol. The largest absolute Gasteiger partial charge is 0.468 e. The van der Waals surface area contributed by atoms with E-state index in [2.05, 4.69) is 20.1 Å². The molecule has 0 saturated heterocycles. The fraction of sp³-hybridized carbons (Fsp3) is 0.222. The zero-order valence-corrected chi connectivity index (χ0v) is 14.2. The number of fused-ring (bicyclic) bond motifs is 1. The van der Waals surface area contributed by atoms with Crippen LogP contribution in [-0.2, 0) is 16.6 Å². The lowest BCUT2D eigenvalue weighted by Crippen LogP contribution is -2.30. The lowest BCUT2D eigenvalue weighted by Gasteiger charge is -2.09. The van der Waals surface area contributed by atoms with E-state index in [9.17, 15) is 9.59 Å². The third-order valence-electron chi connectivity index (χ3n) is 3.87. The summed E-state index contributed by atoms with van der Waals surface area (Å²) in [5.74, 6) is -0.859. The number of carbonyl (C=O) groups is 2. The molecule has 2 aromatic heterocycles. The molecule has 25 heavy (non-hydrogen) atoms. The van der Waals surface area contributed by atoms with Crippen molar-refractivity contribution in [2.75, 3.05) is 13.7 Å². The van der Waals surface area contributed by atoms with Crippen LogP contribution in [0.2, 0.25) is 0 Å². The third-order valence-corrected chi connectivity index (χ3v) is 3.87. The van der Waals surface area contributed by atoms with Gasteiger partial charge in [-0.3, -0.25) is 14.3 Å². The van der Waals surface area contributed by atoms with Gasteiger partial charge in [-0.05, 0) is 19.1 Å².